The van der Waals surface area contributed by atoms with Crippen LogP contribution in [0, 0.1) is 0 Å². The zero-order valence-corrected chi connectivity index (χ0v) is 16.3. The summed E-state index contributed by atoms with van der Waals surface area (Å²) in [7, 11) is 0. The maximum absolute atomic E-state index is 8.47. The summed E-state index contributed by atoms with van der Waals surface area (Å²) in [6, 6.07) is 0. The fourth-order valence-electron chi connectivity index (χ4n) is 2.34. The van der Waals surface area contributed by atoms with Gasteiger partial charge in [0, 0.05) is 5.75 Å². The first-order chi connectivity index (χ1) is 10.7. The molecule has 134 valence electrons. The van der Waals surface area contributed by atoms with Gasteiger partial charge in [-0.3, -0.25) is 0 Å². The topological polar surface area (TPSA) is 20.2 Å². The van der Waals surface area contributed by atoms with Gasteiger partial charge in [-0.15, -0.1) is 6.58 Å². The number of rotatable bonds is 15. The average Bonchev–Trinajstić information content (AvgIpc) is 2.55. The predicted octanol–water partition coefficient (Wildman–Crippen LogP) is 6.95. The molecule has 0 saturated heterocycles. The van der Waals surface area contributed by atoms with Crippen molar-refractivity contribution in [3.05, 3.63) is 12.7 Å². The van der Waals surface area contributed by atoms with Crippen LogP contribution in [0.15, 0.2) is 12.7 Å². The second-order valence-electron chi connectivity index (χ2n) is 6.23. The lowest BCUT2D eigenvalue weighted by Crippen LogP contribution is -2.01. The van der Waals surface area contributed by atoms with E-state index in [-0.39, 0.29) is 0 Å². The Morgan fingerprint density at radius 3 is 1.14 bits per heavy atom. The van der Waals surface area contributed by atoms with Crippen molar-refractivity contribution in [2.24, 2.45) is 0 Å². The lowest BCUT2D eigenvalue weighted by atomic mass is 10.0. The van der Waals surface area contributed by atoms with Crippen LogP contribution < -0.4 is 0 Å². The predicted molar refractivity (Wildman–Crippen MR) is 106 cm³/mol. The zero-order valence-electron chi connectivity index (χ0n) is 15.4. The molecule has 22 heavy (non-hydrogen) atoms. The number of thiol groups is 1. The lowest BCUT2D eigenvalue weighted by Gasteiger charge is -2.02. The average molecular weight is 331 g/mol. The van der Waals surface area contributed by atoms with Crippen molar-refractivity contribution in [3.63, 3.8) is 0 Å². The SMILES string of the molecule is C=CC(O)CS.CCCCCCCCCCCCCCCC. The number of unbranched alkanes of at least 4 members (excludes halogenated alkanes) is 13. The third-order valence-electron chi connectivity index (χ3n) is 3.92. The molecule has 0 amide bonds. The third kappa shape index (κ3) is 25.0. The van der Waals surface area contributed by atoms with Crippen molar-refractivity contribution in [2.75, 3.05) is 5.75 Å². The summed E-state index contributed by atoms with van der Waals surface area (Å²) in [5, 5.41) is 8.47. The molecular formula is C20H42OS. The van der Waals surface area contributed by atoms with Crippen LogP contribution in [0.5, 0.6) is 0 Å². The first-order valence-electron chi connectivity index (χ1n) is 9.64. The van der Waals surface area contributed by atoms with E-state index in [1.807, 2.05) is 0 Å². The van der Waals surface area contributed by atoms with Crippen LogP contribution in [0.3, 0.4) is 0 Å². The summed E-state index contributed by atoms with van der Waals surface area (Å²) < 4.78 is 0. The second kappa shape index (κ2) is 23.3. The second-order valence-corrected chi connectivity index (χ2v) is 6.59. The molecule has 0 fully saturated rings. The summed E-state index contributed by atoms with van der Waals surface area (Å²) in [6.45, 7) is 7.91. The molecule has 0 spiro atoms. The highest BCUT2D eigenvalue weighted by Crippen LogP contribution is 2.12. The maximum atomic E-state index is 8.47. The van der Waals surface area contributed by atoms with E-state index in [0.717, 1.165) is 0 Å². The minimum Gasteiger partial charge on any atom is -0.388 e. The minimum atomic E-state index is -0.437. The van der Waals surface area contributed by atoms with Crippen molar-refractivity contribution >= 4 is 12.6 Å². The van der Waals surface area contributed by atoms with Crippen LogP contribution in [0.1, 0.15) is 104 Å². The molecule has 1 N–H and O–H groups in total. The largest absolute Gasteiger partial charge is 0.388 e. The van der Waals surface area contributed by atoms with Crippen molar-refractivity contribution in [1.29, 1.82) is 0 Å². The molecule has 0 bridgehead atoms. The fraction of sp³-hybridized carbons (Fsp3) is 0.900. The van der Waals surface area contributed by atoms with Gasteiger partial charge in [-0.2, -0.15) is 12.6 Å². The molecular weight excluding hydrogens is 288 g/mol. The molecule has 0 aromatic carbocycles. The molecule has 0 aromatic heterocycles. The summed E-state index contributed by atoms with van der Waals surface area (Å²) >= 11 is 3.77. The van der Waals surface area contributed by atoms with Gasteiger partial charge in [0.05, 0.1) is 6.10 Å². The number of hydrogen-bond donors (Lipinski definition) is 2. The van der Waals surface area contributed by atoms with Crippen molar-refractivity contribution in [3.8, 4) is 0 Å². The maximum Gasteiger partial charge on any atom is 0.0806 e. The number of aliphatic hydroxyl groups excluding tert-OH is 1. The van der Waals surface area contributed by atoms with Gasteiger partial charge in [0.1, 0.15) is 0 Å². The van der Waals surface area contributed by atoms with E-state index in [4.69, 9.17) is 5.11 Å². The number of hydrogen-bond acceptors (Lipinski definition) is 2. The van der Waals surface area contributed by atoms with E-state index in [2.05, 4.69) is 33.1 Å². The molecule has 1 unspecified atom stereocenters. The Balaban J connectivity index is 0. The van der Waals surface area contributed by atoms with Gasteiger partial charge in [0.15, 0.2) is 0 Å². The molecule has 1 atom stereocenters. The highest BCUT2D eigenvalue weighted by Gasteiger charge is 1.92. The highest BCUT2D eigenvalue weighted by atomic mass is 32.1. The van der Waals surface area contributed by atoms with Crippen LogP contribution >= 0.6 is 12.6 Å². The molecule has 0 saturated carbocycles. The van der Waals surface area contributed by atoms with Gasteiger partial charge in [-0.05, 0) is 0 Å². The van der Waals surface area contributed by atoms with Crippen molar-refractivity contribution in [1.82, 2.24) is 0 Å². The van der Waals surface area contributed by atoms with Gasteiger partial charge in [-0.1, -0.05) is 110 Å². The third-order valence-corrected chi connectivity index (χ3v) is 4.29. The smallest absolute Gasteiger partial charge is 0.0806 e. The molecule has 0 heterocycles. The van der Waals surface area contributed by atoms with Crippen LogP contribution in [-0.4, -0.2) is 17.0 Å². The summed E-state index contributed by atoms with van der Waals surface area (Å²) in [6.07, 6.45) is 21.4. The van der Waals surface area contributed by atoms with Crippen LogP contribution in [0.4, 0.5) is 0 Å². The monoisotopic (exact) mass is 330 g/mol. The molecule has 0 radical (unpaired) electrons. The highest BCUT2D eigenvalue weighted by molar-refractivity contribution is 7.80. The summed E-state index contributed by atoms with van der Waals surface area (Å²) in [5.74, 6) is 0.462. The van der Waals surface area contributed by atoms with Crippen LogP contribution in [-0.2, 0) is 0 Å². The van der Waals surface area contributed by atoms with E-state index in [1.165, 1.54) is 96.0 Å². The molecule has 0 aliphatic heterocycles. The molecule has 0 aliphatic rings. The zero-order chi connectivity index (χ0) is 16.9. The van der Waals surface area contributed by atoms with Gasteiger partial charge in [0.2, 0.25) is 0 Å². The van der Waals surface area contributed by atoms with Gasteiger partial charge in [0.25, 0.3) is 0 Å². The summed E-state index contributed by atoms with van der Waals surface area (Å²) in [5.41, 5.74) is 0. The van der Waals surface area contributed by atoms with Crippen molar-refractivity contribution < 1.29 is 5.11 Å². The minimum absolute atomic E-state index is 0.437. The fourth-order valence-corrected chi connectivity index (χ4v) is 2.49. The van der Waals surface area contributed by atoms with E-state index < -0.39 is 6.10 Å². The molecule has 1 nitrogen and oxygen atoms in total. The number of aliphatic hydroxyl groups is 1. The Labute approximate surface area is 146 Å². The van der Waals surface area contributed by atoms with E-state index >= 15 is 0 Å². The van der Waals surface area contributed by atoms with Crippen LogP contribution in [0.2, 0.25) is 0 Å². The first-order valence-corrected chi connectivity index (χ1v) is 10.3. The molecule has 0 aliphatic carbocycles. The summed E-state index contributed by atoms with van der Waals surface area (Å²) in [4.78, 5) is 0. The van der Waals surface area contributed by atoms with Gasteiger partial charge >= 0.3 is 0 Å². The normalized spacial score (nSPS) is 11.6. The van der Waals surface area contributed by atoms with Crippen LogP contribution in [0.25, 0.3) is 0 Å². The molecule has 0 aromatic rings. The van der Waals surface area contributed by atoms with E-state index in [9.17, 15) is 0 Å². The standard InChI is InChI=1S/C16H34.C4H8OS/c1-3-5-7-9-11-13-15-16-14-12-10-8-6-4-2;1-2-4(5)3-6/h3-16H2,1-2H3;2,4-6H,1,3H2. The Bertz CT molecular complexity index is 180. The lowest BCUT2D eigenvalue weighted by molar-refractivity contribution is 0.249. The Hall–Kier alpha value is 0.0500. The quantitative estimate of drug-likeness (QED) is 0.189. The Kier molecular flexibility index (Phi) is 25.8. The van der Waals surface area contributed by atoms with Crippen molar-refractivity contribution in [2.45, 2.75) is 110 Å². The van der Waals surface area contributed by atoms with Gasteiger partial charge < -0.3 is 5.11 Å². The van der Waals surface area contributed by atoms with E-state index in [1.54, 1.807) is 0 Å². The van der Waals surface area contributed by atoms with Gasteiger partial charge in [-0.25, -0.2) is 0 Å². The van der Waals surface area contributed by atoms with E-state index in [0.29, 0.717) is 5.75 Å². The Morgan fingerprint density at radius 1 is 0.727 bits per heavy atom. The molecule has 0 rings (SSSR count). The first kappa shape index (κ1) is 24.3. The molecule has 2 heteroatoms. The Morgan fingerprint density at radius 2 is 1.00 bits per heavy atom.